The van der Waals surface area contributed by atoms with Crippen LogP contribution in [0.4, 0.5) is 0 Å². The lowest BCUT2D eigenvalue weighted by Crippen LogP contribution is -1.92. The van der Waals surface area contributed by atoms with Crippen molar-refractivity contribution in [2.45, 2.75) is 6.92 Å². The summed E-state index contributed by atoms with van der Waals surface area (Å²) < 4.78 is 1.79. The van der Waals surface area contributed by atoms with Gasteiger partial charge >= 0.3 is 0 Å². The van der Waals surface area contributed by atoms with E-state index in [9.17, 15) is 5.11 Å². The lowest BCUT2D eigenvalue weighted by molar-refractivity contribution is 0.461. The van der Waals surface area contributed by atoms with Crippen molar-refractivity contribution in [1.82, 2.24) is 15.0 Å². The van der Waals surface area contributed by atoms with Gasteiger partial charge in [-0.15, -0.1) is 11.3 Å². The number of hydrogen-bond donors (Lipinski definition) is 1. The van der Waals surface area contributed by atoms with Gasteiger partial charge in [-0.25, -0.2) is 4.98 Å². The molecular formula is C12H8IN3OS. The van der Waals surface area contributed by atoms with E-state index in [-0.39, 0.29) is 5.88 Å². The van der Waals surface area contributed by atoms with E-state index >= 15 is 0 Å². The fourth-order valence-corrected chi connectivity index (χ4v) is 3.43. The minimum absolute atomic E-state index is 0.0247. The molecule has 3 heterocycles. The molecule has 0 unspecified atom stereocenters. The molecule has 0 aliphatic carbocycles. The summed E-state index contributed by atoms with van der Waals surface area (Å²) in [5, 5.41) is 9.98. The monoisotopic (exact) mass is 369 g/mol. The van der Waals surface area contributed by atoms with Gasteiger partial charge in [-0.3, -0.25) is 4.98 Å². The van der Waals surface area contributed by atoms with E-state index in [0.29, 0.717) is 11.5 Å². The van der Waals surface area contributed by atoms with Gasteiger partial charge < -0.3 is 5.11 Å². The van der Waals surface area contributed by atoms with Crippen molar-refractivity contribution in [2.24, 2.45) is 0 Å². The van der Waals surface area contributed by atoms with Crippen LogP contribution < -0.4 is 0 Å². The largest absolute Gasteiger partial charge is 0.492 e. The highest BCUT2D eigenvalue weighted by Crippen LogP contribution is 2.36. The topological polar surface area (TPSA) is 58.9 Å². The summed E-state index contributed by atoms with van der Waals surface area (Å²) in [7, 11) is 0. The first kappa shape index (κ1) is 11.8. The Hall–Kier alpha value is -1.28. The number of halogens is 1. The van der Waals surface area contributed by atoms with Gasteiger partial charge in [-0.1, -0.05) is 6.07 Å². The Morgan fingerprint density at radius 3 is 2.83 bits per heavy atom. The Morgan fingerprint density at radius 2 is 2.11 bits per heavy atom. The maximum absolute atomic E-state index is 9.98. The van der Waals surface area contributed by atoms with Crippen LogP contribution >= 0.6 is 33.9 Å². The standard InChI is InChI=1S/C12H8IN3OS/c1-6-8(13)9-10(18-6)12(17)16-11(15-9)7-4-2-3-5-14-7/h2-5H,1H3,(H,15,16,17). The van der Waals surface area contributed by atoms with Crippen LogP contribution in [-0.4, -0.2) is 20.1 Å². The van der Waals surface area contributed by atoms with E-state index in [1.54, 1.807) is 6.20 Å². The number of aromatic nitrogens is 3. The Balaban J connectivity index is 2.30. The molecule has 18 heavy (non-hydrogen) atoms. The Labute approximate surface area is 121 Å². The normalized spacial score (nSPS) is 11.0. The fraction of sp³-hybridized carbons (Fsp3) is 0.0833. The number of fused-ring (bicyclic) bond motifs is 1. The van der Waals surface area contributed by atoms with Crippen molar-refractivity contribution in [3.63, 3.8) is 0 Å². The van der Waals surface area contributed by atoms with Gasteiger partial charge in [0.25, 0.3) is 0 Å². The molecule has 0 saturated heterocycles. The van der Waals surface area contributed by atoms with Crippen molar-refractivity contribution in [3.8, 4) is 17.4 Å². The van der Waals surface area contributed by atoms with E-state index in [4.69, 9.17) is 0 Å². The van der Waals surface area contributed by atoms with Gasteiger partial charge in [-0.2, -0.15) is 4.98 Å². The van der Waals surface area contributed by atoms with Crippen LogP contribution in [0.5, 0.6) is 5.88 Å². The molecule has 0 atom stereocenters. The molecule has 3 aromatic rings. The molecule has 0 fully saturated rings. The highest BCUT2D eigenvalue weighted by Gasteiger charge is 2.15. The Bertz CT molecular complexity index is 727. The zero-order chi connectivity index (χ0) is 12.7. The van der Waals surface area contributed by atoms with Gasteiger partial charge in [0.05, 0.1) is 3.57 Å². The molecule has 1 N–H and O–H groups in total. The van der Waals surface area contributed by atoms with Crippen LogP contribution in [0.15, 0.2) is 24.4 Å². The number of thiophene rings is 1. The smallest absolute Gasteiger partial charge is 0.233 e. The van der Waals surface area contributed by atoms with E-state index in [2.05, 4.69) is 37.5 Å². The Kier molecular flexibility index (Phi) is 2.90. The number of hydrogen-bond acceptors (Lipinski definition) is 5. The second kappa shape index (κ2) is 4.43. The van der Waals surface area contributed by atoms with Gasteiger partial charge in [0.2, 0.25) is 5.88 Å². The Morgan fingerprint density at radius 1 is 1.28 bits per heavy atom. The third-order valence-corrected chi connectivity index (χ3v) is 5.29. The van der Waals surface area contributed by atoms with Crippen LogP contribution in [0.25, 0.3) is 21.7 Å². The molecule has 0 amide bonds. The number of aromatic hydroxyl groups is 1. The maximum atomic E-state index is 9.98. The minimum Gasteiger partial charge on any atom is -0.492 e. The van der Waals surface area contributed by atoms with Crippen LogP contribution in [-0.2, 0) is 0 Å². The molecule has 3 rings (SSSR count). The van der Waals surface area contributed by atoms with Crippen molar-refractivity contribution in [3.05, 3.63) is 32.8 Å². The summed E-state index contributed by atoms with van der Waals surface area (Å²) in [6.45, 7) is 2.01. The van der Waals surface area contributed by atoms with E-state index < -0.39 is 0 Å². The first-order chi connectivity index (χ1) is 8.66. The lowest BCUT2D eigenvalue weighted by atomic mass is 10.3. The minimum atomic E-state index is 0.0247. The third kappa shape index (κ3) is 1.85. The van der Waals surface area contributed by atoms with Gasteiger partial charge in [0.15, 0.2) is 5.82 Å². The molecule has 0 aliphatic heterocycles. The second-order valence-electron chi connectivity index (χ2n) is 3.74. The first-order valence-electron chi connectivity index (χ1n) is 5.24. The van der Waals surface area contributed by atoms with E-state index in [1.807, 2.05) is 25.1 Å². The number of nitrogens with zero attached hydrogens (tertiary/aromatic N) is 3. The first-order valence-corrected chi connectivity index (χ1v) is 7.13. The zero-order valence-electron chi connectivity index (χ0n) is 9.38. The molecule has 0 spiro atoms. The molecular weight excluding hydrogens is 361 g/mol. The summed E-state index contributed by atoms with van der Waals surface area (Å²) in [5.41, 5.74) is 1.46. The summed E-state index contributed by atoms with van der Waals surface area (Å²) in [6, 6.07) is 5.53. The molecule has 90 valence electrons. The maximum Gasteiger partial charge on any atom is 0.233 e. The van der Waals surface area contributed by atoms with Crippen molar-refractivity contribution < 1.29 is 5.11 Å². The molecule has 4 nitrogen and oxygen atoms in total. The molecule has 6 heteroatoms. The summed E-state index contributed by atoms with van der Waals surface area (Å²) in [4.78, 5) is 13.9. The molecule has 3 aromatic heterocycles. The van der Waals surface area contributed by atoms with Crippen molar-refractivity contribution >= 4 is 44.1 Å². The van der Waals surface area contributed by atoms with E-state index in [1.165, 1.54) is 11.3 Å². The zero-order valence-corrected chi connectivity index (χ0v) is 12.4. The van der Waals surface area contributed by atoms with Crippen LogP contribution in [0.3, 0.4) is 0 Å². The van der Waals surface area contributed by atoms with Crippen LogP contribution in [0.1, 0.15) is 4.88 Å². The number of rotatable bonds is 1. The summed E-state index contributed by atoms with van der Waals surface area (Å²) in [5.74, 6) is 0.480. The highest BCUT2D eigenvalue weighted by atomic mass is 127. The molecule has 0 aromatic carbocycles. The second-order valence-corrected chi connectivity index (χ2v) is 6.04. The molecule has 0 bridgehead atoms. The number of pyridine rings is 1. The predicted octanol–water partition coefficient (Wildman–Crippen LogP) is 3.37. The average molecular weight is 369 g/mol. The highest BCUT2D eigenvalue weighted by molar-refractivity contribution is 14.1. The van der Waals surface area contributed by atoms with Gasteiger partial charge in [0.1, 0.15) is 15.9 Å². The molecule has 0 aliphatic rings. The average Bonchev–Trinajstić information content (AvgIpc) is 2.68. The summed E-state index contributed by atoms with van der Waals surface area (Å²) >= 11 is 3.75. The van der Waals surface area contributed by atoms with Gasteiger partial charge in [0, 0.05) is 11.1 Å². The van der Waals surface area contributed by atoms with Gasteiger partial charge in [-0.05, 0) is 41.6 Å². The third-order valence-electron chi connectivity index (χ3n) is 2.51. The predicted molar refractivity (Wildman–Crippen MR) is 79.8 cm³/mol. The SMILES string of the molecule is Cc1sc2c(O)nc(-c3ccccn3)nc2c1I. The van der Waals surface area contributed by atoms with Crippen LogP contribution in [0, 0.1) is 10.5 Å². The van der Waals surface area contributed by atoms with Crippen molar-refractivity contribution in [1.29, 1.82) is 0 Å². The summed E-state index contributed by atoms with van der Waals surface area (Å²) in [6.07, 6.45) is 1.68. The lowest BCUT2D eigenvalue weighted by Gasteiger charge is -2.00. The fourth-order valence-electron chi connectivity index (χ4n) is 1.66. The molecule has 0 saturated carbocycles. The number of aryl methyl sites for hydroxylation is 1. The van der Waals surface area contributed by atoms with Crippen LogP contribution in [0.2, 0.25) is 0 Å². The van der Waals surface area contributed by atoms with Crippen molar-refractivity contribution in [2.75, 3.05) is 0 Å². The van der Waals surface area contributed by atoms with E-state index in [0.717, 1.165) is 18.7 Å². The molecule has 0 radical (unpaired) electrons. The quantitative estimate of drug-likeness (QED) is 0.669.